The fourth-order valence-corrected chi connectivity index (χ4v) is 2.40. The van der Waals surface area contributed by atoms with Gasteiger partial charge >= 0.3 is 6.09 Å². The molecule has 2 amide bonds. The molecule has 0 saturated heterocycles. The molecular weight excluding hydrogens is 389 g/mol. The van der Waals surface area contributed by atoms with Gasteiger partial charge < -0.3 is 15.0 Å². The summed E-state index contributed by atoms with van der Waals surface area (Å²) in [6.07, 6.45) is 3.68. The second-order valence-electron chi connectivity index (χ2n) is 6.07. The van der Waals surface area contributed by atoms with Crippen molar-refractivity contribution < 1.29 is 35.7 Å². The van der Waals surface area contributed by atoms with Gasteiger partial charge in [-0.25, -0.2) is 11.3 Å². The maximum absolute atomic E-state index is 12.0. The van der Waals surface area contributed by atoms with E-state index in [1.165, 1.54) is 4.90 Å². The largest absolute Gasteiger partial charge is 0.491 e. The van der Waals surface area contributed by atoms with Crippen molar-refractivity contribution in [3.05, 3.63) is 72.5 Å². The number of ether oxygens (including phenoxy) is 1. The van der Waals surface area contributed by atoms with Crippen LogP contribution in [-0.4, -0.2) is 30.0 Å². The molecule has 0 aliphatic rings. The third kappa shape index (κ3) is 7.40. The predicted molar refractivity (Wildman–Crippen MR) is 97.9 cm³/mol. The van der Waals surface area contributed by atoms with Gasteiger partial charge in [-0.15, -0.1) is 0 Å². The Labute approximate surface area is 170 Å². The number of nitrogens with one attached hydrogen (secondary N) is 1. The van der Waals surface area contributed by atoms with Crippen LogP contribution in [0, 0.1) is 6.54 Å². The monoisotopic (exact) mass is 414 g/mol. The summed E-state index contributed by atoms with van der Waals surface area (Å²) < 4.78 is 6.91. The Bertz CT molecular complexity index is 723. The van der Waals surface area contributed by atoms with Gasteiger partial charge in [-0.1, -0.05) is 30.3 Å². The molecule has 7 heteroatoms. The first-order chi connectivity index (χ1) is 12.5. The van der Waals surface area contributed by atoms with E-state index in [-0.39, 0.29) is 35.5 Å². The predicted octanol–water partition coefficient (Wildman–Crippen LogP) is 2.54. The molecule has 1 aromatic carbocycles. The minimum absolute atomic E-state index is 0. The van der Waals surface area contributed by atoms with Gasteiger partial charge in [-0.2, -0.15) is 11.5 Å². The molecule has 0 bridgehead atoms. The first-order valence-electron chi connectivity index (χ1n) is 8.52. The van der Waals surface area contributed by atoms with Crippen LogP contribution in [0.1, 0.15) is 29.8 Å². The standard InChI is InChI=1S/C20H25N3O3.Co/c1-4-22(3)19(24)18-10-12-23(13-11-18)15-26-20(25)21-16(2)14-17-8-6-5-7-9-17;/h4-13,16H,14-15H2,1-3H3,(H,21,25);/t16-;/m0./s1. The number of aromatic nitrogens is 1. The van der Waals surface area contributed by atoms with Crippen LogP contribution < -0.4 is 9.88 Å². The number of nitrogens with zero attached hydrogens (tertiary/aromatic N) is 2. The SMILES string of the molecule is C[CH-]N(C)C(=O)c1cc[n+](COC(=O)N[C@@H](C)Cc2ccccc2)cc1.[Co]. The van der Waals surface area contributed by atoms with E-state index >= 15 is 0 Å². The smallest absolute Gasteiger partial charge is 0.412 e. The van der Waals surface area contributed by atoms with Crippen LogP contribution in [0.4, 0.5) is 4.79 Å². The average Bonchev–Trinajstić information content (AvgIpc) is 2.66. The number of amides is 2. The van der Waals surface area contributed by atoms with Crippen LogP contribution in [0.5, 0.6) is 0 Å². The van der Waals surface area contributed by atoms with Crippen LogP contribution in [0.3, 0.4) is 0 Å². The number of carbonyl (C=O) groups excluding carboxylic acids is 2. The third-order valence-corrected chi connectivity index (χ3v) is 3.94. The molecule has 147 valence electrons. The van der Waals surface area contributed by atoms with E-state index in [0.717, 1.165) is 12.0 Å². The zero-order valence-corrected chi connectivity index (χ0v) is 16.8. The van der Waals surface area contributed by atoms with E-state index < -0.39 is 6.09 Å². The Balaban J connectivity index is 0.00000364. The molecule has 1 aromatic heterocycles. The number of hydrogen-bond donors (Lipinski definition) is 1. The summed E-state index contributed by atoms with van der Waals surface area (Å²) in [5.41, 5.74) is 1.73. The average molecular weight is 414 g/mol. The number of pyridine rings is 1. The topological polar surface area (TPSA) is 62.5 Å². The Hall–Kier alpha value is -2.38. The molecule has 1 heterocycles. The molecule has 0 saturated carbocycles. The Kier molecular flexibility index (Phi) is 9.53. The van der Waals surface area contributed by atoms with E-state index in [2.05, 4.69) is 5.32 Å². The summed E-state index contributed by atoms with van der Waals surface area (Å²) in [6, 6.07) is 13.3. The third-order valence-electron chi connectivity index (χ3n) is 3.94. The van der Waals surface area contributed by atoms with Crippen molar-refractivity contribution in [2.24, 2.45) is 0 Å². The van der Waals surface area contributed by atoms with Gasteiger partial charge in [0.1, 0.15) is 0 Å². The number of alkyl carbamates (subject to hydrolysis) is 1. The van der Waals surface area contributed by atoms with E-state index in [9.17, 15) is 9.59 Å². The molecule has 0 fully saturated rings. The number of benzene rings is 1. The maximum Gasteiger partial charge on any atom is 0.412 e. The molecule has 1 N–H and O–H groups in total. The first kappa shape index (κ1) is 22.7. The molecule has 1 radical (unpaired) electrons. The summed E-state index contributed by atoms with van der Waals surface area (Å²) in [5.74, 6) is -0.0898. The van der Waals surface area contributed by atoms with Crippen LogP contribution in [0.25, 0.3) is 0 Å². The molecule has 0 aliphatic heterocycles. The normalized spacial score (nSPS) is 11.1. The molecule has 6 nitrogen and oxygen atoms in total. The quantitative estimate of drug-likeness (QED) is 0.560. The summed E-state index contributed by atoms with van der Waals surface area (Å²) in [7, 11) is 1.70. The fourth-order valence-electron chi connectivity index (χ4n) is 2.40. The summed E-state index contributed by atoms with van der Waals surface area (Å²) >= 11 is 0. The molecule has 0 spiro atoms. The zero-order chi connectivity index (χ0) is 18.9. The summed E-state index contributed by atoms with van der Waals surface area (Å²) in [5, 5.41) is 2.81. The van der Waals surface area contributed by atoms with Gasteiger partial charge in [0, 0.05) is 40.5 Å². The van der Waals surface area contributed by atoms with Crippen LogP contribution in [0.15, 0.2) is 54.9 Å². The van der Waals surface area contributed by atoms with Gasteiger partial charge in [0.15, 0.2) is 12.4 Å². The number of hydrogen-bond acceptors (Lipinski definition) is 3. The van der Waals surface area contributed by atoms with Crippen LogP contribution in [-0.2, 0) is 34.7 Å². The van der Waals surface area contributed by atoms with Gasteiger partial charge in [-0.3, -0.25) is 4.79 Å². The van der Waals surface area contributed by atoms with Crippen molar-refractivity contribution >= 4 is 12.0 Å². The van der Waals surface area contributed by atoms with Gasteiger partial charge in [0.05, 0.1) is 0 Å². The first-order valence-corrected chi connectivity index (χ1v) is 8.52. The Morgan fingerprint density at radius 2 is 1.81 bits per heavy atom. The molecule has 2 rings (SSSR count). The Morgan fingerprint density at radius 3 is 2.41 bits per heavy atom. The van der Waals surface area contributed by atoms with Crippen molar-refractivity contribution in [2.75, 3.05) is 7.05 Å². The van der Waals surface area contributed by atoms with Crippen molar-refractivity contribution in [1.29, 1.82) is 0 Å². The van der Waals surface area contributed by atoms with Gasteiger partial charge in [0.2, 0.25) is 5.91 Å². The second-order valence-corrected chi connectivity index (χ2v) is 6.07. The summed E-state index contributed by atoms with van der Waals surface area (Å²) in [6.45, 7) is 5.51. The second kappa shape index (κ2) is 11.4. The number of carbonyl (C=O) groups is 2. The molecule has 0 unspecified atom stereocenters. The van der Waals surface area contributed by atoms with Crippen LogP contribution >= 0.6 is 0 Å². The van der Waals surface area contributed by atoms with Gasteiger partial charge in [-0.05, 0) is 26.0 Å². The molecule has 0 aliphatic carbocycles. The molecule has 1 atom stereocenters. The van der Waals surface area contributed by atoms with Crippen LogP contribution in [0.2, 0.25) is 0 Å². The minimum Gasteiger partial charge on any atom is -0.491 e. The van der Waals surface area contributed by atoms with E-state index in [4.69, 9.17) is 4.74 Å². The van der Waals surface area contributed by atoms with Crippen molar-refractivity contribution in [3.63, 3.8) is 0 Å². The maximum atomic E-state index is 12.0. The van der Waals surface area contributed by atoms with E-state index in [1.807, 2.05) is 37.3 Å². The van der Waals surface area contributed by atoms with E-state index in [1.54, 1.807) is 49.6 Å². The molecular formula is C20H25CoN3O3. The number of rotatable bonds is 7. The summed E-state index contributed by atoms with van der Waals surface area (Å²) in [4.78, 5) is 25.4. The zero-order valence-electron chi connectivity index (χ0n) is 15.7. The van der Waals surface area contributed by atoms with Crippen molar-refractivity contribution in [1.82, 2.24) is 10.2 Å². The van der Waals surface area contributed by atoms with Gasteiger partial charge in [0.25, 0.3) is 6.73 Å². The minimum atomic E-state index is -0.471. The fraction of sp³-hybridized carbons (Fsp3) is 0.300. The molecule has 2 aromatic rings. The van der Waals surface area contributed by atoms with Crippen molar-refractivity contribution in [3.8, 4) is 0 Å². The van der Waals surface area contributed by atoms with E-state index in [0.29, 0.717) is 5.56 Å². The molecule has 27 heavy (non-hydrogen) atoms. The Morgan fingerprint density at radius 1 is 1.19 bits per heavy atom. The van der Waals surface area contributed by atoms with Crippen molar-refractivity contribution in [2.45, 2.75) is 33.0 Å².